The molecule has 0 bridgehead atoms. The molecule has 3 nitrogen and oxygen atoms in total. The summed E-state index contributed by atoms with van der Waals surface area (Å²) in [5.41, 5.74) is 2.46. The Hall–Kier alpha value is -1.06. The standard InChI is InChI=1S/C14H19NO2/c1-10-2-5-13(17-11-3-4-11)12(8-10)14-9-15-6-7-16-14/h2,5,8,11,14-15H,3-4,6-7,9H2,1H3. The highest BCUT2D eigenvalue weighted by atomic mass is 16.5. The van der Waals surface area contributed by atoms with Crippen molar-refractivity contribution in [2.75, 3.05) is 19.7 Å². The summed E-state index contributed by atoms with van der Waals surface area (Å²) >= 11 is 0. The monoisotopic (exact) mass is 233 g/mol. The minimum Gasteiger partial charge on any atom is -0.490 e. The first-order chi connectivity index (χ1) is 8.33. The van der Waals surface area contributed by atoms with Crippen molar-refractivity contribution < 1.29 is 9.47 Å². The van der Waals surface area contributed by atoms with Crippen LogP contribution in [0, 0.1) is 6.92 Å². The number of rotatable bonds is 3. The lowest BCUT2D eigenvalue weighted by Gasteiger charge is -2.26. The van der Waals surface area contributed by atoms with Crippen LogP contribution in [0.4, 0.5) is 0 Å². The number of morpholine rings is 1. The predicted octanol–water partition coefficient (Wildman–Crippen LogP) is 2.20. The van der Waals surface area contributed by atoms with Gasteiger partial charge in [-0.3, -0.25) is 0 Å². The summed E-state index contributed by atoms with van der Waals surface area (Å²) < 4.78 is 11.8. The first-order valence-electron chi connectivity index (χ1n) is 6.42. The van der Waals surface area contributed by atoms with Gasteiger partial charge in [0.2, 0.25) is 0 Å². The second-order valence-corrected chi connectivity index (χ2v) is 4.92. The third-order valence-corrected chi connectivity index (χ3v) is 3.26. The van der Waals surface area contributed by atoms with Crippen LogP contribution in [-0.2, 0) is 4.74 Å². The van der Waals surface area contributed by atoms with Crippen LogP contribution in [0.15, 0.2) is 18.2 Å². The SMILES string of the molecule is Cc1ccc(OC2CC2)c(C2CNCCO2)c1. The highest BCUT2D eigenvalue weighted by Gasteiger charge is 2.27. The maximum Gasteiger partial charge on any atom is 0.125 e. The number of aryl methyl sites for hydroxylation is 1. The summed E-state index contributed by atoms with van der Waals surface area (Å²) in [7, 11) is 0. The fraction of sp³-hybridized carbons (Fsp3) is 0.571. The highest BCUT2D eigenvalue weighted by molar-refractivity contribution is 5.39. The van der Waals surface area contributed by atoms with E-state index in [4.69, 9.17) is 9.47 Å². The molecule has 1 aromatic carbocycles. The van der Waals surface area contributed by atoms with Gasteiger partial charge >= 0.3 is 0 Å². The van der Waals surface area contributed by atoms with Crippen LogP contribution >= 0.6 is 0 Å². The molecule has 0 amide bonds. The lowest BCUT2D eigenvalue weighted by Crippen LogP contribution is -2.33. The van der Waals surface area contributed by atoms with Crippen LogP contribution in [0.5, 0.6) is 5.75 Å². The van der Waals surface area contributed by atoms with Crippen LogP contribution < -0.4 is 10.1 Å². The molecule has 2 fully saturated rings. The second-order valence-electron chi connectivity index (χ2n) is 4.92. The van der Waals surface area contributed by atoms with E-state index in [0.717, 1.165) is 25.4 Å². The van der Waals surface area contributed by atoms with Crippen molar-refractivity contribution in [2.24, 2.45) is 0 Å². The molecule has 1 unspecified atom stereocenters. The van der Waals surface area contributed by atoms with Crippen LogP contribution in [0.25, 0.3) is 0 Å². The summed E-state index contributed by atoms with van der Waals surface area (Å²) in [6, 6.07) is 6.38. The summed E-state index contributed by atoms with van der Waals surface area (Å²) in [6.45, 7) is 4.72. The maximum atomic E-state index is 5.96. The number of ether oxygens (including phenoxy) is 2. The van der Waals surface area contributed by atoms with Crippen LogP contribution in [0.1, 0.15) is 30.1 Å². The zero-order chi connectivity index (χ0) is 11.7. The Labute approximate surface area is 102 Å². The van der Waals surface area contributed by atoms with Gasteiger partial charge in [-0.15, -0.1) is 0 Å². The second kappa shape index (κ2) is 4.67. The Morgan fingerprint density at radius 3 is 2.94 bits per heavy atom. The van der Waals surface area contributed by atoms with E-state index < -0.39 is 0 Å². The largest absolute Gasteiger partial charge is 0.490 e. The molecule has 1 N–H and O–H groups in total. The van der Waals surface area contributed by atoms with E-state index in [2.05, 4.69) is 30.4 Å². The Morgan fingerprint density at radius 2 is 2.24 bits per heavy atom. The first kappa shape index (κ1) is 11.1. The molecule has 1 aliphatic heterocycles. The van der Waals surface area contributed by atoms with Gasteiger partial charge in [-0.2, -0.15) is 0 Å². The van der Waals surface area contributed by atoms with Gasteiger partial charge in [0.1, 0.15) is 5.75 Å². The van der Waals surface area contributed by atoms with Gasteiger partial charge in [0.25, 0.3) is 0 Å². The van der Waals surface area contributed by atoms with E-state index in [0.29, 0.717) is 6.10 Å². The molecule has 17 heavy (non-hydrogen) atoms. The summed E-state index contributed by atoms with van der Waals surface area (Å²) in [5.74, 6) is 1.01. The molecule has 1 heterocycles. The van der Waals surface area contributed by atoms with Gasteiger partial charge < -0.3 is 14.8 Å². The van der Waals surface area contributed by atoms with E-state index in [-0.39, 0.29) is 6.10 Å². The van der Waals surface area contributed by atoms with Gasteiger partial charge in [0.05, 0.1) is 18.8 Å². The molecule has 1 aliphatic carbocycles. The van der Waals surface area contributed by atoms with Crippen molar-refractivity contribution in [2.45, 2.75) is 32.0 Å². The maximum absolute atomic E-state index is 5.96. The van der Waals surface area contributed by atoms with Crippen LogP contribution in [0.2, 0.25) is 0 Å². The van der Waals surface area contributed by atoms with Crippen LogP contribution in [0.3, 0.4) is 0 Å². The molecule has 0 radical (unpaired) electrons. The van der Waals surface area contributed by atoms with Crippen molar-refractivity contribution in [3.05, 3.63) is 29.3 Å². The molecule has 1 aromatic rings. The first-order valence-corrected chi connectivity index (χ1v) is 6.42. The molecule has 3 heteroatoms. The quantitative estimate of drug-likeness (QED) is 0.868. The van der Waals surface area contributed by atoms with Gasteiger partial charge in [0, 0.05) is 18.7 Å². The van der Waals surface area contributed by atoms with E-state index in [1.54, 1.807) is 0 Å². The van der Waals surface area contributed by atoms with E-state index in [1.807, 2.05) is 0 Å². The van der Waals surface area contributed by atoms with Gasteiger partial charge in [-0.25, -0.2) is 0 Å². The topological polar surface area (TPSA) is 30.5 Å². The van der Waals surface area contributed by atoms with Crippen molar-refractivity contribution in [3.63, 3.8) is 0 Å². The normalized spacial score (nSPS) is 24.6. The van der Waals surface area contributed by atoms with Crippen molar-refractivity contribution in [1.29, 1.82) is 0 Å². The molecule has 0 spiro atoms. The lowest BCUT2D eigenvalue weighted by molar-refractivity contribution is 0.0257. The molecule has 3 rings (SSSR count). The molecule has 2 aliphatic rings. The van der Waals surface area contributed by atoms with Crippen LogP contribution in [-0.4, -0.2) is 25.8 Å². The molecule has 1 atom stereocenters. The lowest BCUT2D eigenvalue weighted by atomic mass is 10.0. The molecule has 0 aromatic heterocycles. The minimum atomic E-state index is 0.136. The molecule has 92 valence electrons. The zero-order valence-corrected chi connectivity index (χ0v) is 10.2. The third kappa shape index (κ3) is 2.61. The fourth-order valence-corrected chi connectivity index (χ4v) is 2.16. The smallest absolute Gasteiger partial charge is 0.125 e. The minimum absolute atomic E-state index is 0.136. The van der Waals surface area contributed by atoms with Crippen molar-refractivity contribution in [3.8, 4) is 5.75 Å². The third-order valence-electron chi connectivity index (χ3n) is 3.26. The summed E-state index contributed by atoms with van der Waals surface area (Å²) in [5, 5.41) is 3.37. The summed E-state index contributed by atoms with van der Waals surface area (Å²) in [4.78, 5) is 0. The van der Waals surface area contributed by atoms with Gasteiger partial charge in [-0.05, 0) is 31.9 Å². The van der Waals surface area contributed by atoms with E-state index in [1.165, 1.54) is 24.0 Å². The fourth-order valence-electron chi connectivity index (χ4n) is 2.16. The number of nitrogens with one attached hydrogen (secondary N) is 1. The van der Waals surface area contributed by atoms with Crippen molar-refractivity contribution in [1.82, 2.24) is 5.32 Å². The Balaban J connectivity index is 1.85. The number of hydrogen-bond acceptors (Lipinski definition) is 3. The molecular formula is C14H19NO2. The zero-order valence-electron chi connectivity index (χ0n) is 10.2. The highest BCUT2D eigenvalue weighted by Crippen LogP contribution is 2.34. The predicted molar refractivity (Wildman–Crippen MR) is 66.4 cm³/mol. The number of benzene rings is 1. The van der Waals surface area contributed by atoms with Gasteiger partial charge in [0.15, 0.2) is 0 Å². The number of hydrogen-bond donors (Lipinski definition) is 1. The van der Waals surface area contributed by atoms with Crippen molar-refractivity contribution >= 4 is 0 Å². The van der Waals surface area contributed by atoms with E-state index in [9.17, 15) is 0 Å². The van der Waals surface area contributed by atoms with E-state index >= 15 is 0 Å². The average Bonchev–Trinajstić information content (AvgIpc) is 3.17. The average molecular weight is 233 g/mol. The summed E-state index contributed by atoms with van der Waals surface area (Å²) in [6.07, 6.45) is 2.96. The molecule has 1 saturated heterocycles. The molecule has 1 saturated carbocycles. The Bertz CT molecular complexity index is 395. The Kier molecular flexibility index (Phi) is 3.04. The molecular weight excluding hydrogens is 214 g/mol. The Morgan fingerprint density at radius 1 is 1.35 bits per heavy atom. The van der Waals surface area contributed by atoms with Gasteiger partial charge in [-0.1, -0.05) is 11.6 Å².